The summed E-state index contributed by atoms with van der Waals surface area (Å²) in [7, 11) is 1.49. The topological polar surface area (TPSA) is 88.5 Å². The van der Waals surface area contributed by atoms with Crippen molar-refractivity contribution in [1.29, 1.82) is 0 Å². The van der Waals surface area contributed by atoms with Crippen LogP contribution in [0.25, 0.3) is 0 Å². The first kappa shape index (κ1) is 15.9. The monoisotopic (exact) mass is 320 g/mol. The van der Waals surface area contributed by atoms with Crippen LogP contribution in [0.3, 0.4) is 0 Å². The van der Waals surface area contributed by atoms with E-state index in [9.17, 15) is 14.7 Å². The van der Waals surface area contributed by atoms with E-state index in [1.165, 1.54) is 31.5 Å². The van der Waals surface area contributed by atoms with E-state index in [-0.39, 0.29) is 23.6 Å². The first-order valence-corrected chi connectivity index (χ1v) is 6.67. The van der Waals surface area contributed by atoms with Crippen molar-refractivity contribution in [2.45, 2.75) is 0 Å². The van der Waals surface area contributed by atoms with Crippen molar-refractivity contribution < 1.29 is 19.4 Å². The molecule has 0 atom stereocenters. The lowest BCUT2D eigenvalue weighted by Crippen LogP contribution is -2.14. The number of ketones is 1. The number of hydrogen-bond acceptors (Lipinski definition) is 5. The minimum absolute atomic E-state index is 0.0605. The number of carbonyl (C=O) groups excluding carboxylic acids is 1. The number of nitrogens with one attached hydrogen (secondary N) is 1. The van der Waals surface area contributed by atoms with Gasteiger partial charge < -0.3 is 15.2 Å². The van der Waals surface area contributed by atoms with Gasteiger partial charge in [-0.3, -0.25) is 4.79 Å². The molecule has 0 aliphatic rings. The molecule has 114 valence electrons. The Hall–Kier alpha value is -2.44. The van der Waals surface area contributed by atoms with Crippen molar-refractivity contribution in [3.8, 4) is 0 Å². The molecule has 0 spiro atoms. The SMILES string of the molecule is COCNc1cc(Cl)cnc1C(=O)c1ccccc1C(=O)O. The van der Waals surface area contributed by atoms with Gasteiger partial charge in [0.05, 0.1) is 16.3 Å². The molecule has 0 saturated heterocycles. The first-order valence-electron chi connectivity index (χ1n) is 6.30. The van der Waals surface area contributed by atoms with Crippen molar-refractivity contribution in [2.75, 3.05) is 19.2 Å². The van der Waals surface area contributed by atoms with Gasteiger partial charge in [-0.25, -0.2) is 9.78 Å². The number of methoxy groups -OCH3 is 1. The minimum Gasteiger partial charge on any atom is -0.478 e. The third-order valence-electron chi connectivity index (χ3n) is 2.88. The molecule has 0 bridgehead atoms. The summed E-state index contributed by atoms with van der Waals surface area (Å²) in [5, 5.41) is 12.4. The van der Waals surface area contributed by atoms with E-state index in [0.717, 1.165) is 0 Å². The van der Waals surface area contributed by atoms with Gasteiger partial charge in [0.15, 0.2) is 0 Å². The van der Waals surface area contributed by atoms with Crippen molar-refractivity contribution in [1.82, 2.24) is 4.98 Å². The van der Waals surface area contributed by atoms with E-state index >= 15 is 0 Å². The highest BCUT2D eigenvalue weighted by molar-refractivity contribution is 6.31. The van der Waals surface area contributed by atoms with Crippen LogP contribution in [0.15, 0.2) is 36.5 Å². The molecular weight excluding hydrogens is 308 g/mol. The standard InChI is InChI=1S/C15H13ClN2O4/c1-22-8-18-12-6-9(16)7-17-13(12)14(19)10-4-2-3-5-11(10)15(20)21/h2-7,18H,8H2,1H3,(H,20,21). The van der Waals surface area contributed by atoms with Crippen molar-refractivity contribution in [3.63, 3.8) is 0 Å². The molecular formula is C15H13ClN2O4. The Bertz CT molecular complexity index is 718. The summed E-state index contributed by atoms with van der Waals surface area (Å²) in [6.07, 6.45) is 1.33. The second-order valence-corrected chi connectivity index (χ2v) is 4.78. The normalized spacial score (nSPS) is 10.3. The molecule has 0 saturated carbocycles. The number of halogens is 1. The molecule has 0 aliphatic heterocycles. The molecule has 2 aromatic rings. The summed E-state index contributed by atoms with van der Waals surface area (Å²) in [5.74, 6) is -1.68. The molecule has 0 amide bonds. The average molecular weight is 321 g/mol. The van der Waals surface area contributed by atoms with Gasteiger partial charge in [0.1, 0.15) is 12.4 Å². The Morgan fingerprint density at radius 3 is 2.64 bits per heavy atom. The number of pyridine rings is 1. The van der Waals surface area contributed by atoms with Crippen molar-refractivity contribution >= 4 is 29.0 Å². The molecule has 0 radical (unpaired) electrons. The van der Waals surface area contributed by atoms with Crippen LogP contribution in [0.2, 0.25) is 5.02 Å². The number of nitrogens with zero attached hydrogens (tertiary/aromatic N) is 1. The van der Waals surface area contributed by atoms with Gasteiger partial charge in [0.2, 0.25) is 5.78 Å². The lowest BCUT2D eigenvalue weighted by atomic mass is 10.0. The quantitative estimate of drug-likeness (QED) is 0.628. The van der Waals surface area contributed by atoms with Gasteiger partial charge in [-0.05, 0) is 12.1 Å². The Kier molecular flexibility index (Phi) is 5.08. The lowest BCUT2D eigenvalue weighted by molar-refractivity contribution is 0.0692. The highest BCUT2D eigenvalue weighted by Crippen LogP contribution is 2.22. The molecule has 0 unspecified atom stereocenters. The molecule has 1 heterocycles. The van der Waals surface area contributed by atoms with E-state index < -0.39 is 11.8 Å². The summed E-state index contributed by atoms with van der Waals surface area (Å²) in [5.41, 5.74) is 0.432. The summed E-state index contributed by atoms with van der Waals surface area (Å²) in [4.78, 5) is 27.9. The van der Waals surface area contributed by atoms with Gasteiger partial charge in [0, 0.05) is 18.9 Å². The molecule has 1 aromatic heterocycles. The van der Waals surface area contributed by atoms with Crippen LogP contribution in [0.5, 0.6) is 0 Å². The fourth-order valence-electron chi connectivity index (χ4n) is 1.90. The zero-order valence-corrected chi connectivity index (χ0v) is 12.4. The van der Waals surface area contributed by atoms with E-state index in [1.807, 2.05) is 0 Å². The number of rotatable bonds is 6. The van der Waals surface area contributed by atoms with E-state index in [1.54, 1.807) is 12.1 Å². The predicted octanol–water partition coefficient (Wildman–Crippen LogP) is 2.68. The number of anilines is 1. The summed E-state index contributed by atoms with van der Waals surface area (Å²) < 4.78 is 4.90. The van der Waals surface area contributed by atoms with Gasteiger partial charge in [-0.15, -0.1) is 0 Å². The molecule has 0 fully saturated rings. The maximum atomic E-state index is 12.6. The molecule has 2 rings (SSSR count). The van der Waals surface area contributed by atoms with E-state index in [2.05, 4.69) is 10.3 Å². The van der Waals surface area contributed by atoms with Gasteiger partial charge >= 0.3 is 5.97 Å². The number of benzene rings is 1. The van der Waals surface area contributed by atoms with Gasteiger partial charge in [0.25, 0.3) is 0 Å². The van der Waals surface area contributed by atoms with Crippen LogP contribution in [0.1, 0.15) is 26.4 Å². The maximum Gasteiger partial charge on any atom is 0.336 e. The highest BCUT2D eigenvalue weighted by Gasteiger charge is 2.21. The third kappa shape index (κ3) is 3.41. The smallest absolute Gasteiger partial charge is 0.336 e. The number of ether oxygens (including phenoxy) is 1. The van der Waals surface area contributed by atoms with E-state index in [4.69, 9.17) is 16.3 Å². The molecule has 6 nitrogen and oxygen atoms in total. The summed E-state index contributed by atoms with van der Waals surface area (Å²) >= 11 is 5.88. The average Bonchev–Trinajstić information content (AvgIpc) is 2.52. The number of aromatic carboxylic acids is 1. The van der Waals surface area contributed by atoms with Crippen LogP contribution < -0.4 is 5.32 Å². The van der Waals surface area contributed by atoms with Gasteiger partial charge in [-0.2, -0.15) is 0 Å². The second kappa shape index (κ2) is 7.02. The largest absolute Gasteiger partial charge is 0.478 e. The third-order valence-corrected chi connectivity index (χ3v) is 3.09. The van der Waals surface area contributed by atoms with Crippen LogP contribution in [0.4, 0.5) is 5.69 Å². The van der Waals surface area contributed by atoms with Crippen LogP contribution >= 0.6 is 11.6 Å². The summed E-state index contributed by atoms with van der Waals surface area (Å²) in [6.45, 7) is 0.156. The van der Waals surface area contributed by atoms with Crippen LogP contribution in [-0.2, 0) is 4.74 Å². The predicted molar refractivity (Wildman–Crippen MR) is 81.6 cm³/mol. The van der Waals surface area contributed by atoms with Crippen LogP contribution in [0, 0.1) is 0 Å². The molecule has 1 aromatic carbocycles. The first-order chi connectivity index (χ1) is 10.5. The number of aromatic nitrogens is 1. The molecule has 22 heavy (non-hydrogen) atoms. The zero-order chi connectivity index (χ0) is 16.1. The molecule has 7 heteroatoms. The fourth-order valence-corrected chi connectivity index (χ4v) is 2.06. The summed E-state index contributed by atoms with van der Waals surface area (Å²) in [6, 6.07) is 7.50. The number of carboxylic acid groups (broad SMARTS) is 1. The number of carbonyl (C=O) groups is 2. The zero-order valence-electron chi connectivity index (χ0n) is 11.7. The van der Waals surface area contributed by atoms with E-state index in [0.29, 0.717) is 10.7 Å². The number of hydrogen-bond donors (Lipinski definition) is 2. The lowest BCUT2D eigenvalue weighted by Gasteiger charge is -2.11. The second-order valence-electron chi connectivity index (χ2n) is 4.34. The van der Waals surface area contributed by atoms with Crippen LogP contribution in [-0.4, -0.2) is 35.7 Å². The fraction of sp³-hybridized carbons (Fsp3) is 0.133. The Morgan fingerprint density at radius 1 is 1.32 bits per heavy atom. The van der Waals surface area contributed by atoms with Crippen molar-refractivity contribution in [2.24, 2.45) is 0 Å². The Morgan fingerprint density at radius 2 is 2.00 bits per heavy atom. The molecule has 0 aliphatic carbocycles. The maximum absolute atomic E-state index is 12.6. The molecule has 2 N–H and O–H groups in total. The highest BCUT2D eigenvalue weighted by atomic mass is 35.5. The number of carboxylic acids is 1. The Labute approximate surface area is 131 Å². The van der Waals surface area contributed by atoms with Gasteiger partial charge in [-0.1, -0.05) is 29.8 Å². The Balaban J connectivity index is 2.48. The minimum atomic E-state index is -1.18. The van der Waals surface area contributed by atoms with Crippen molar-refractivity contribution in [3.05, 3.63) is 58.4 Å².